The van der Waals surface area contributed by atoms with E-state index in [1.807, 2.05) is 0 Å². The van der Waals surface area contributed by atoms with Gasteiger partial charge in [0.2, 0.25) is 0 Å². The third-order valence-corrected chi connectivity index (χ3v) is 3.72. The average molecular weight is 198 g/mol. The number of likely N-dealkylation sites (N-methyl/N-ethyl adjacent to an activating group) is 1. The Morgan fingerprint density at radius 1 is 1.21 bits per heavy atom. The lowest BCUT2D eigenvalue weighted by molar-refractivity contribution is 0.278. The van der Waals surface area contributed by atoms with Crippen molar-refractivity contribution >= 4 is 0 Å². The Labute approximate surface area is 89.1 Å². The molecule has 0 aromatic heterocycles. The standard InChI is InChI=1S/C12H26N2/c1-10(14(3)4)9-13-11(2)12-7-5-6-8-12/h10-13H,5-9H2,1-4H3. The van der Waals surface area contributed by atoms with E-state index in [9.17, 15) is 0 Å². The third kappa shape index (κ3) is 3.58. The van der Waals surface area contributed by atoms with Crippen LogP contribution in [0.3, 0.4) is 0 Å². The van der Waals surface area contributed by atoms with Gasteiger partial charge in [-0.05, 0) is 46.7 Å². The Kier molecular flexibility index (Phi) is 4.90. The summed E-state index contributed by atoms with van der Waals surface area (Å²) in [6, 6.07) is 1.35. The van der Waals surface area contributed by atoms with E-state index in [4.69, 9.17) is 0 Å². The first kappa shape index (κ1) is 12.0. The van der Waals surface area contributed by atoms with Crippen LogP contribution in [0.1, 0.15) is 39.5 Å². The van der Waals surface area contributed by atoms with E-state index in [0.29, 0.717) is 12.1 Å². The Hall–Kier alpha value is -0.0800. The molecule has 2 atom stereocenters. The number of nitrogens with one attached hydrogen (secondary N) is 1. The zero-order chi connectivity index (χ0) is 10.6. The molecule has 0 aromatic carbocycles. The lowest BCUT2D eigenvalue weighted by Crippen LogP contribution is -2.41. The molecule has 2 nitrogen and oxygen atoms in total. The first-order chi connectivity index (χ1) is 6.61. The topological polar surface area (TPSA) is 15.3 Å². The monoisotopic (exact) mass is 198 g/mol. The Morgan fingerprint density at radius 2 is 1.79 bits per heavy atom. The highest BCUT2D eigenvalue weighted by Crippen LogP contribution is 2.27. The summed E-state index contributed by atoms with van der Waals surface area (Å²) >= 11 is 0. The van der Waals surface area contributed by atoms with Gasteiger partial charge in [-0.25, -0.2) is 0 Å². The van der Waals surface area contributed by atoms with Gasteiger partial charge in [0.15, 0.2) is 0 Å². The van der Waals surface area contributed by atoms with Crippen LogP contribution < -0.4 is 5.32 Å². The summed E-state index contributed by atoms with van der Waals surface area (Å²) in [6.45, 7) is 5.73. The molecule has 2 heteroatoms. The van der Waals surface area contributed by atoms with Crippen molar-refractivity contribution in [2.45, 2.75) is 51.6 Å². The second kappa shape index (κ2) is 5.72. The van der Waals surface area contributed by atoms with Crippen molar-refractivity contribution in [3.8, 4) is 0 Å². The van der Waals surface area contributed by atoms with Crippen molar-refractivity contribution in [2.75, 3.05) is 20.6 Å². The fourth-order valence-electron chi connectivity index (χ4n) is 2.16. The summed E-state index contributed by atoms with van der Waals surface area (Å²) < 4.78 is 0. The molecule has 1 aliphatic rings. The number of hydrogen-bond donors (Lipinski definition) is 1. The average Bonchev–Trinajstić information content (AvgIpc) is 2.66. The molecule has 0 radical (unpaired) electrons. The van der Waals surface area contributed by atoms with Crippen molar-refractivity contribution < 1.29 is 0 Å². The van der Waals surface area contributed by atoms with Gasteiger partial charge in [0, 0.05) is 18.6 Å². The smallest absolute Gasteiger partial charge is 0.0186 e. The molecule has 1 fully saturated rings. The Morgan fingerprint density at radius 3 is 2.29 bits per heavy atom. The Bertz CT molecular complexity index is 150. The van der Waals surface area contributed by atoms with E-state index in [1.165, 1.54) is 25.7 Å². The second-order valence-electron chi connectivity index (χ2n) is 5.05. The van der Waals surface area contributed by atoms with E-state index in [0.717, 1.165) is 12.5 Å². The van der Waals surface area contributed by atoms with Crippen LogP contribution in [0.2, 0.25) is 0 Å². The van der Waals surface area contributed by atoms with Crippen LogP contribution in [0, 0.1) is 5.92 Å². The summed E-state index contributed by atoms with van der Waals surface area (Å²) in [6.07, 6.45) is 5.76. The minimum atomic E-state index is 0.638. The SMILES string of the molecule is CC(NCC(C)N(C)C)C1CCCC1. The molecule has 84 valence electrons. The Balaban J connectivity index is 2.16. The van der Waals surface area contributed by atoms with E-state index >= 15 is 0 Å². The molecule has 0 heterocycles. The largest absolute Gasteiger partial charge is 0.312 e. The first-order valence-electron chi connectivity index (χ1n) is 6.01. The minimum Gasteiger partial charge on any atom is -0.312 e. The maximum atomic E-state index is 3.66. The maximum absolute atomic E-state index is 3.66. The predicted molar refractivity (Wildman–Crippen MR) is 62.6 cm³/mol. The molecule has 1 aliphatic carbocycles. The highest BCUT2D eigenvalue weighted by atomic mass is 15.1. The van der Waals surface area contributed by atoms with Crippen molar-refractivity contribution in [1.29, 1.82) is 0 Å². The molecular formula is C12H26N2. The highest BCUT2D eigenvalue weighted by Gasteiger charge is 2.21. The van der Waals surface area contributed by atoms with Crippen LogP contribution in [0.15, 0.2) is 0 Å². The zero-order valence-electron chi connectivity index (χ0n) is 10.2. The molecule has 0 aromatic rings. The van der Waals surface area contributed by atoms with Crippen LogP contribution in [-0.2, 0) is 0 Å². The van der Waals surface area contributed by atoms with Gasteiger partial charge in [0.25, 0.3) is 0 Å². The van der Waals surface area contributed by atoms with E-state index in [-0.39, 0.29) is 0 Å². The second-order valence-corrected chi connectivity index (χ2v) is 5.05. The maximum Gasteiger partial charge on any atom is 0.0186 e. The molecule has 14 heavy (non-hydrogen) atoms. The predicted octanol–water partition coefficient (Wildman–Crippen LogP) is 2.10. The van der Waals surface area contributed by atoms with Crippen molar-refractivity contribution in [2.24, 2.45) is 5.92 Å². The number of hydrogen-bond acceptors (Lipinski definition) is 2. The van der Waals surface area contributed by atoms with Crippen LogP contribution in [0.4, 0.5) is 0 Å². The van der Waals surface area contributed by atoms with Crippen LogP contribution in [0.25, 0.3) is 0 Å². The normalized spacial score (nSPS) is 22.9. The molecule has 0 spiro atoms. The van der Waals surface area contributed by atoms with Gasteiger partial charge in [-0.1, -0.05) is 12.8 Å². The summed E-state index contributed by atoms with van der Waals surface area (Å²) in [5.74, 6) is 0.935. The van der Waals surface area contributed by atoms with Crippen LogP contribution in [0.5, 0.6) is 0 Å². The molecule has 1 rings (SSSR count). The van der Waals surface area contributed by atoms with Gasteiger partial charge in [0.1, 0.15) is 0 Å². The van der Waals surface area contributed by atoms with Gasteiger partial charge in [-0.2, -0.15) is 0 Å². The van der Waals surface area contributed by atoms with Crippen molar-refractivity contribution in [3.05, 3.63) is 0 Å². The summed E-state index contributed by atoms with van der Waals surface area (Å²) in [4.78, 5) is 2.27. The summed E-state index contributed by atoms with van der Waals surface area (Å²) in [5.41, 5.74) is 0. The molecule has 2 unspecified atom stereocenters. The number of rotatable bonds is 5. The van der Waals surface area contributed by atoms with Gasteiger partial charge < -0.3 is 10.2 Å². The fraction of sp³-hybridized carbons (Fsp3) is 1.00. The molecule has 0 saturated heterocycles. The molecule has 0 bridgehead atoms. The van der Waals surface area contributed by atoms with E-state index < -0.39 is 0 Å². The highest BCUT2D eigenvalue weighted by molar-refractivity contribution is 4.78. The lowest BCUT2D eigenvalue weighted by Gasteiger charge is -2.25. The minimum absolute atomic E-state index is 0.638. The number of nitrogens with zero attached hydrogens (tertiary/aromatic N) is 1. The molecule has 1 saturated carbocycles. The third-order valence-electron chi connectivity index (χ3n) is 3.72. The van der Waals surface area contributed by atoms with Gasteiger partial charge in [-0.15, -0.1) is 0 Å². The quantitative estimate of drug-likeness (QED) is 0.728. The van der Waals surface area contributed by atoms with Gasteiger partial charge in [0.05, 0.1) is 0 Å². The van der Waals surface area contributed by atoms with Crippen molar-refractivity contribution in [1.82, 2.24) is 10.2 Å². The lowest BCUT2D eigenvalue weighted by atomic mass is 10.00. The van der Waals surface area contributed by atoms with Gasteiger partial charge in [-0.3, -0.25) is 0 Å². The molecular weight excluding hydrogens is 172 g/mol. The van der Waals surface area contributed by atoms with E-state index in [2.05, 4.69) is 38.2 Å². The summed E-state index contributed by atoms with van der Waals surface area (Å²) in [5, 5.41) is 3.66. The zero-order valence-corrected chi connectivity index (χ0v) is 10.2. The van der Waals surface area contributed by atoms with E-state index in [1.54, 1.807) is 0 Å². The molecule has 1 N–H and O–H groups in total. The fourth-order valence-corrected chi connectivity index (χ4v) is 2.16. The van der Waals surface area contributed by atoms with Crippen LogP contribution >= 0.6 is 0 Å². The molecule has 0 amide bonds. The van der Waals surface area contributed by atoms with Gasteiger partial charge >= 0.3 is 0 Å². The summed E-state index contributed by atoms with van der Waals surface area (Å²) in [7, 11) is 4.29. The molecule has 0 aliphatic heterocycles. The van der Waals surface area contributed by atoms with Crippen LogP contribution in [-0.4, -0.2) is 37.6 Å². The van der Waals surface area contributed by atoms with Crippen molar-refractivity contribution in [3.63, 3.8) is 0 Å². The first-order valence-corrected chi connectivity index (χ1v) is 6.01.